The summed E-state index contributed by atoms with van der Waals surface area (Å²) in [6.45, 7) is 27.5. The number of fused-ring (bicyclic) bond motifs is 8. The highest BCUT2D eigenvalue weighted by molar-refractivity contribution is 6.74. The second kappa shape index (κ2) is 14.8. The summed E-state index contributed by atoms with van der Waals surface area (Å²) in [5.74, 6) is 2.48. The van der Waals surface area contributed by atoms with Gasteiger partial charge in [0.1, 0.15) is 37.0 Å². The molecular weight excluding hydrogens is 697 g/mol. The molecule has 2 fully saturated rings. The Labute approximate surface area is 314 Å². The third-order valence-corrected chi connectivity index (χ3v) is 15.3. The molecule has 0 radical (unpaired) electrons. The monoisotopic (exact) mass is 752 g/mol. The minimum Gasteiger partial charge on any atom is -0.541 e. The minimum atomic E-state index is -2.24. The molecule has 4 aliphatic rings. The van der Waals surface area contributed by atoms with Crippen molar-refractivity contribution in [2.75, 3.05) is 40.3 Å². The van der Waals surface area contributed by atoms with E-state index < -0.39 is 38.6 Å². The van der Waals surface area contributed by atoms with E-state index in [4.69, 9.17) is 42.3 Å². The maximum Gasteiger partial charge on any atom is 0.407 e. The van der Waals surface area contributed by atoms with Gasteiger partial charge in [-0.05, 0) is 69.4 Å². The molecule has 6 rings (SSSR count). The van der Waals surface area contributed by atoms with E-state index in [1.54, 1.807) is 13.2 Å². The number of amides is 1. The van der Waals surface area contributed by atoms with Crippen LogP contribution in [0.4, 0.5) is 4.79 Å². The van der Waals surface area contributed by atoms with Gasteiger partial charge in [0.2, 0.25) is 6.79 Å². The fraction of sp³-hybridized carbons (Fsp3) is 0.575. The van der Waals surface area contributed by atoms with E-state index in [0.29, 0.717) is 55.0 Å². The molecule has 2 aromatic rings. The van der Waals surface area contributed by atoms with E-state index in [1.165, 1.54) is 6.08 Å². The molecule has 4 aliphatic heterocycles. The lowest BCUT2D eigenvalue weighted by Gasteiger charge is -2.51. The van der Waals surface area contributed by atoms with Crippen LogP contribution in [0.2, 0.25) is 18.1 Å². The molecule has 5 atom stereocenters. The van der Waals surface area contributed by atoms with Gasteiger partial charge >= 0.3 is 6.09 Å². The highest BCUT2D eigenvalue weighted by Gasteiger charge is 2.57. The maximum absolute atomic E-state index is 13.3. The summed E-state index contributed by atoms with van der Waals surface area (Å²) in [6, 6.07) is 2.92. The van der Waals surface area contributed by atoms with E-state index >= 15 is 0 Å². The fourth-order valence-electron chi connectivity index (χ4n) is 7.55. The SMILES string of the molecule is C=CCOC(=O)N[C@@H](Cc1cc(C)c(OC)c(O[Si](C)(C)C(C)(C)C)c1)C1OC[C@H]2c3c4c(c(C)c(OCC=C)c3[C@H]3OC(C)(C)OC[C@H]3N12)OCO4. The Bertz CT molecular complexity index is 1740. The van der Waals surface area contributed by atoms with Crippen LogP contribution in [0.3, 0.4) is 0 Å². The van der Waals surface area contributed by atoms with E-state index in [1.807, 2.05) is 33.8 Å². The summed E-state index contributed by atoms with van der Waals surface area (Å²) in [6.07, 6.45) is 1.97. The van der Waals surface area contributed by atoms with E-state index in [2.05, 4.69) is 63.3 Å². The Morgan fingerprint density at radius 1 is 1.08 bits per heavy atom. The largest absolute Gasteiger partial charge is 0.541 e. The molecule has 0 aliphatic carbocycles. The Kier molecular flexibility index (Phi) is 10.9. The molecule has 1 N–H and O–H groups in total. The number of rotatable bonds is 12. The smallest absolute Gasteiger partial charge is 0.407 e. The number of hydrogen-bond acceptors (Lipinski definition) is 11. The van der Waals surface area contributed by atoms with Gasteiger partial charge in [0.05, 0.1) is 38.4 Å². The van der Waals surface area contributed by atoms with Crippen LogP contribution in [0.1, 0.15) is 74.6 Å². The summed E-state index contributed by atoms with van der Waals surface area (Å²) in [5.41, 5.74) is 4.49. The first-order valence-corrected chi connectivity index (χ1v) is 21.2. The molecule has 0 spiro atoms. The summed E-state index contributed by atoms with van der Waals surface area (Å²) < 4.78 is 56.6. The Morgan fingerprint density at radius 2 is 1.79 bits per heavy atom. The van der Waals surface area contributed by atoms with Crippen LogP contribution < -0.4 is 28.7 Å². The molecule has 13 heteroatoms. The van der Waals surface area contributed by atoms with Gasteiger partial charge in [0, 0.05) is 16.7 Å². The van der Waals surface area contributed by atoms with E-state index in [-0.39, 0.29) is 30.5 Å². The van der Waals surface area contributed by atoms with Gasteiger partial charge in [-0.25, -0.2) is 4.79 Å². The number of alkyl carbamates (subject to hydrolysis) is 1. The molecular formula is C40H56N2O10Si. The van der Waals surface area contributed by atoms with Gasteiger partial charge in [0.15, 0.2) is 23.0 Å². The lowest BCUT2D eigenvalue weighted by atomic mass is 9.82. The lowest BCUT2D eigenvalue weighted by Crippen LogP contribution is -2.61. The van der Waals surface area contributed by atoms with Crippen LogP contribution >= 0.6 is 0 Å². The first-order chi connectivity index (χ1) is 25.0. The summed E-state index contributed by atoms with van der Waals surface area (Å²) in [5, 5.41) is 3.11. The number of aryl methyl sites for hydroxylation is 1. The van der Waals surface area contributed by atoms with Crippen molar-refractivity contribution < 1.29 is 47.1 Å². The average Bonchev–Trinajstić information content (AvgIpc) is 3.74. The van der Waals surface area contributed by atoms with Gasteiger partial charge in [-0.15, -0.1) is 0 Å². The predicted molar refractivity (Wildman–Crippen MR) is 203 cm³/mol. The number of nitrogens with one attached hydrogen (secondary N) is 1. The third kappa shape index (κ3) is 7.38. The summed E-state index contributed by atoms with van der Waals surface area (Å²) in [7, 11) is -0.577. The quantitative estimate of drug-likeness (QED) is 0.173. The standard InChI is InChI=1S/C40H56N2O10Si/c1-13-15-45-33-24(4)34-36(49-22-48-34)30-27-20-47-37(42(27)28-21-50-40(8,9)51-35(28)31(30)33)26(41-38(43)46-16-14-2)18-25-17-23(3)32(44-10)29(19-25)52-53(11,12)39(5,6)7/h13-14,17,19,26-28,35,37H,1-2,15-16,18,20-22H2,3-12H3,(H,41,43)/t26-,27-,28+,35-,37?/m0/s1. The summed E-state index contributed by atoms with van der Waals surface area (Å²) >= 11 is 0. The minimum absolute atomic E-state index is 0.0303. The highest BCUT2D eigenvalue weighted by atomic mass is 28.4. The first-order valence-electron chi connectivity index (χ1n) is 18.3. The highest BCUT2D eigenvalue weighted by Crippen LogP contribution is 2.59. The van der Waals surface area contributed by atoms with Crippen molar-refractivity contribution in [2.45, 2.75) is 109 Å². The van der Waals surface area contributed by atoms with Crippen LogP contribution in [0.25, 0.3) is 0 Å². The third-order valence-electron chi connectivity index (χ3n) is 11.0. The Hall–Kier alpha value is -3.75. The van der Waals surface area contributed by atoms with Crippen molar-refractivity contribution in [3.05, 3.63) is 65.3 Å². The van der Waals surface area contributed by atoms with Crippen molar-refractivity contribution in [1.29, 1.82) is 0 Å². The predicted octanol–water partition coefficient (Wildman–Crippen LogP) is 7.42. The Balaban J connectivity index is 1.45. The van der Waals surface area contributed by atoms with Crippen LogP contribution in [0, 0.1) is 13.8 Å². The Morgan fingerprint density at radius 3 is 2.47 bits per heavy atom. The number of hydrogen-bond donors (Lipinski definition) is 1. The average molecular weight is 753 g/mol. The molecule has 290 valence electrons. The number of benzene rings is 2. The number of methoxy groups -OCH3 is 1. The normalized spacial score (nSPS) is 23.6. The molecule has 0 bridgehead atoms. The van der Waals surface area contributed by atoms with Gasteiger partial charge in [-0.2, -0.15) is 0 Å². The molecule has 4 heterocycles. The molecule has 0 aromatic heterocycles. The van der Waals surface area contributed by atoms with Crippen LogP contribution in [0.5, 0.6) is 28.7 Å². The zero-order chi connectivity index (χ0) is 38.5. The molecule has 2 aromatic carbocycles. The molecule has 53 heavy (non-hydrogen) atoms. The molecule has 1 unspecified atom stereocenters. The second-order valence-electron chi connectivity index (χ2n) is 16.1. The fourth-order valence-corrected chi connectivity index (χ4v) is 8.56. The van der Waals surface area contributed by atoms with Crippen LogP contribution in [0.15, 0.2) is 37.4 Å². The van der Waals surface area contributed by atoms with Crippen molar-refractivity contribution in [1.82, 2.24) is 10.2 Å². The number of carbonyl (C=O) groups is 1. The molecule has 0 saturated carbocycles. The molecule has 12 nitrogen and oxygen atoms in total. The molecule has 1 amide bonds. The topological polar surface area (TPSA) is 115 Å². The summed E-state index contributed by atoms with van der Waals surface area (Å²) in [4.78, 5) is 15.6. The second-order valence-corrected chi connectivity index (χ2v) is 20.8. The van der Waals surface area contributed by atoms with Crippen molar-refractivity contribution in [2.24, 2.45) is 0 Å². The van der Waals surface area contributed by atoms with E-state index in [0.717, 1.165) is 27.8 Å². The van der Waals surface area contributed by atoms with Crippen molar-refractivity contribution in [3.63, 3.8) is 0 Å². The zero-order valence-corrected chi connectivity index (χ0v) is 33.9. The number of nitrogens with zero attached hydrogens (tertiary/aromatic N) is 1. The molecule has 2 saturated heterocycles. The van der Waals surface area contributed by atoms with Gasteiger partial charge < -0.3 is 47.6 Å². The first kappa shape index (κ1) is 39.0. The van der Waals surface area contributed by atoms with Crippen LogP contribution in [-0.4, -0.2) is 83.7 Å². The number of carbonyl (C=O) groups excluding carboxylic acids is 1. The van der Waals surface area contributed by atoms with Crippen LogP contribution in [-0.2, 0) is 25.4 Å². The lowest BCUT2D eigenvalue weighted by molar-refractivity contribution is -0.306. The zero-order valence-electron chi connectivity index (χ0n) is 32.9. The van der Waals surface area contributed by atoms with E-state index in [9.17, 15) is 4.79 Å². The van der Waals surface area contributed by atoms with Gasteiger partial charge in [-0.1, -0.05) is 52.1 Å². The van der Waals surface area contributed by atoms with Gasteiger partial charge in [0.25, 0.3) is 8.32 Å². The van der Waals surface area contributed by atoms with Gasteiger partial charge in [-0.3, -0.25) is 4.90 Å². The van der Waals surface area contributed by atoms with Crippen molar-refractivity contribution in [3.8, 4) is 28.7 Å². The van der Waals surface area contributed by atoms with Crippen molar-refractivity contribution >= 4 is 14.4 Å². The maximum atomic E-state index is 13.3. The number of ether oxygens (including phenoxy) is 8.